The molecule has 2 aromatic heterocycles. The number of nitrogens with zero attached hydrogens (tertiary/aromatic N) is 4. The van der Waals surface area contributed by atoms with Crippen LogP contribution in [0.1, 0.15) is 20.1 Å². The molecule has 0 spiro atoms. The van der Waals surface area contributed by atoms with Crippen LogP contribution in [0.15, 0.2) is 36.7 Å². The van der Waals surface area contributed by atoms with Crippen molar-refractivity contribution in [1.82, 2.24) is 24.6 Å². The molecule has 0 saturated carbocycles. The van der Waals surface area contributed by atoms with Crippen molar-refractivity contribution in [3.05, 3.63) is 36.7 Å². The minimum atomic E-state index is -4.39. The third-order valence-corrected chi connectivity index (χ3v) is 8.34. The Labute approximate surface area is 238 Å². The molecular formula is C23H29ClF2N7O7P. The zero-order valence-corrected chi connectivity index (χ0v) is 23.8. The van der Waals surface area contributed by atoms with Crippen molar-refractivity contribution in [2.45, 2.75) is 49.6 Å². The Hall–Kier alpha value is -3.14. The lowest BCUT2D eigenvalue weighted by molar-refractivity contribution is -0.144. The van der Waals surface area contributed by atoms with E-state index in [4.69, 9.17) is 35.9 Å². The van der Waals surface area contributed by atoms with E-state index in [9.17, 15) is 23.2 Å². The molecule has 4 rings (SSSR count). The summed E-state index contributed by atoms with van der Waals surface area (Å²) >= 11 is 6.37. The monoisotopic (exact) mass is 619 g/mol. The number of aliphatic hydroxyl groups excluding tert-OH is 1. The molecule has 1 aliphatic heterocycles. The highest BCUT2D eigenvalue weighted by Gasteiger charge is 2.62. The van der Waals surface area contributed by atoms with E-state index in [1.807, 2.05) is 0 Å². The average Bonchev–Trinajstić information content (AvgIpc) is 3.46. The van der Waals surface area contributed by atoms with Gasteiger partial charge in [-0.15, -0.1) is 11.6 Å². The molecule has 3 heterocycles. The average molecular weight is 620 g/mol. The number of benzene rings is 1. The maximum Gasteiger partial charge on any atom is 0.459 e. The lowest BCUT2D eigenvalue weighted by Gasteiger charge is -2.29. The Kier molecular flexibility index (Phi) is 9.31. The Bertz CT molecular complexity index is 1420. The van der Waals surface area contributed by atoms with Crippen LogP contribution in [-0.4, -0.2) is 80.4 Å². The minimum absolute atomic E-state index is 0.00861. The molecule has 1 aliphatic rings. The summed E-state index contributed by atoms with van der Waals surface area (Å²) in [6.45, 7) is 2.30. The second-order valence-electron chi connectivity index (χ2n) is 8.90. The fourth-order valence-corrected chi connectivity index (χ4v) is 5.94. The van der Waals surface area contributed by atoms with Gasteiger partial charge < -0.3 is 30.2 Å². The first-order valence-corrected chi connectivity index (χ1v) is 14.3. The number of hydrogen-bond acceptors (Lipinski definition) is 12. The Morgan fingerprint density at radius 1 is 1.34 bits per heavy atom. The Morgan fingerprint density at radius 2 is 2.05 bits per heavy atom. The lowest BCUT2D eigenvalue weighted by atomic mass is 9.99. The van der Waals surface area contributed by atoms with E-state index >= 15 is 0 Å². The van der Waals surface area contributed by atoms with E-state index in [2.05, 4.69) is 25.4 Å². The number of fused-ring (bicyclic) bond motifs is 1. The van der Waals surface area contributed by atoms with Gasteiger partial charge in [-0.05, 0) is 26.0 Å². The summed E-state index contributed by atoms with van der Waals surface area (Å²) in [5.74, 6) is -0.577. The van der Waals surface area contributed by atoms with Gasteiger partial charge in [-0.25, -0.2) is 18.3 Å². The van der Waals surface area contributed by atoms with E-state index in [0.29, 0.717) is 0 Å². The van der Waals surface area contributed by atoms with Crippen molar-refractivity contribution in [3.8, 4) is 5.75 Å². The number of ether oxygens (including phenoxy) is 2. The molecule has 1 aromatic carbocycles. The summed E-state index contributed by atoms with van der Waals surface area (Å²) in [7, 11) is -2.84. The Balaban J connectivity index is 1.62. The van der Waals surface area contributed by atoms with E-state index in [0.717, 1.165) is 10.9 Å². The molecule has 0 radical (unpaired) electrons. The van der Waals surface area contributed by atoms with Crippen molar-refractivity contribution < 1.29 is 41.8 Å². The second kappa shape index (κ2) is 12.4. The van der Waals surface area contributed by atoms with Crippen LogP contribution in [0.3, 0.4) is 0 Å². The van der Waals surface area contributed by atoms with E-state index < -0.39 is 56.1 Å². The molecular weight excluding hydrogens is 591 g/mol. The fraction of sp³-hybridized carbons (Fsp3) is 0.478. The molecule has 14 nitrogen and oxygen atoms in total. The molecule has 0 amide bonds. The SMILES string of the molecule is CCOC(=O)[C@@H](C)N[P@@](=O)(OC[C@H]1O[C@@H](n2cnc3c(NC)nc(N)nc32)[C@@](Cl)(C(F)F)[C@@H]1O)Oc1ccccc1. The van der Waals surface area contributed by atoms with Crippen molar-refractivity contribution in [1.29, 1.82) is 0 Å². The number of aromatic nitrogens is 4. The first kappa shape index (κ1) is 30.8. The molecule has 3 aromatic rings. The van der Waals surface area contributed by atoms with Crippen LogP contribution >= 0.6 is 19.3 Å². The third-order valence-electron chi connectivity index (χ3n) is 6.12. The molecule has 0 unspecified atom stereocenters. The van der Waals surface area contributed by atoms with Gasteiger partial charge in [-0.2, -0.15) is 15.1 Å². The van der Waals surface area contributed by atoms with Crippen LogP contribution in [0.4, 0.5) is 20.5 Å². The molecule has 0 bridgehead atoms. The number of halogens is 3. The number of nitrogens with one attached hydrogen (secondary N) is 2. The topological polar surface area (TPSA) is 185 Å². The number of imidazole rings is 1. The smallest absolute Gasteiger partial charge is 0.459 e. The molecule has 1 saturated heterocycles. The predicted molar refractivity (Wildman–Crippen MR) is 144 cm³/mol. The van der Waals surface area contributed by atoms with Gasteiger partial charge in [0.25, 0.3) is 6.43 Å². The number of hydrogen-bond donors (Lipinski definition) is 4. The summed E-state index contributed by atoms with van der Waals surface area (Å²) in [6.07, 6.45) is -7.48. The molecule has 224 valence electrons. The number of para-hydroxylation sites is 1. The number of carbonyl (C=O) groups is 1. The number of aliphatic hydroxyl groups is 1. The number of nitrogens with two attached hydrogens (primary N) is 1. The fourth-order valence-electron chi connectivity index (χ4n) is 4.14. The van der Waals surface area contributed by atoms with Gasteiger partial charge in [0, 0.05) is 7.05 Å². The number of rotatable bonds is 12. The highest BCUT2D eigenvalue weighted by Crippen LogP contribution is 2.51. The van der Waals surface area contributed by atoms with Gasteiger partial charge in [-0.3, -0.25) is 13.9 Å². The second-order valence-corrected chi connectivity index (χ2v) is 11.3. The quantitative estimate of drug-likeness (QED) is 0.132. The highest BCUT2D eigenvalue weighted by atomic mass is 35.5. The lowest BCUT2D eigenvalue weighted by Crippen LogP contribution is -2.48. The van der Waals surface area contributed by atoms with Crippen LogP contribution in [0.2, 0.25) is 0 Å². The van der Waals surface area contributed by atoms with Crippen LogP contribution in [0.25, 0.3) is 11.2 Å². The number of nitrogen functional groups attached to an aromatic ring is 1. The molecule has 41 heavy (non-hydrogen) atoms. The van der Waals surface area contributed by atoms with Gasteiger partial charge in [0.05, 0.1) is 19.5 Å². The predicted octanol–water partition coefficient (Wildman–Crippen LogP) is 2.70. The van der Waals surface area contributed by atoms with Crippen LogP contribution in [0.5, 0.6) is 5.75 Å². The summed E-state index contributed by atoms with van der Waals surface area (Å²) in [6, 6.07) is 6.74. The number of esters is 1. The molecule has 1 fully saturated rings. The first-order valence-electron chi connectivity index (χ1n) is 12.4. The van der Waals surface area contributed by atoms with Crippen LogP contribution < -0.4 is 20.7 Å². The number of carbonyl (C=O) groups excluding carboxylic acids is 1. The molecule has 18 heteroatoms. The minimum Gasteiger partial charge on any atom is -0.465 e. The standard InChI is InChI=1S/C23H29ClF2N7O7P/c1-4-37-19(35)12(2)32-41(36,40-13-8-6-5-7-9-13)38-10-14-16(34)23(24,20(25)26)21(39-14)33-11-29-15-17(28-3)30-22(27)31-18(15)33/h5-9,11-12,14,16,20-21,34H,4,10H2,1-3H3,(H,32,36)(H3,27,28,30,31)/t12-,14-,16-,21-,23+,41-/m1/s1. The van der Waals surface area contributed by atoms with Gasteiger partial charge in [0.15, 0.2) is 28.1 Å². The van der Waals surface area contributed by atoms with E-state index in [1.54, 1.807) is 32.2 Å². The van der Waals surface area contributed by atoms with Crippen LogP contribution in [-0.2, 0) is 23.4 Å². The molecule has 5 N–H and O–H groups in total. The maximum absolute atomic E-state index is 14.5. The van der Waals surface area contributed by atoms with Crippen molar-refractivity contribution in [3.63, 3.8) is 0 Å². The molecule has 0 aliphatic carbocycles. The number of anilines is 2. The van der Waals surface area contributed by atoms with E-state index in [-0.39, 0.29) is 35.3 Å². The number of alkyl halides is 3. The maximum atomic E-state index is 14.5. The van der Waals surface area contributed by atoms with Gasteiger partial charge >= 0.3 is 13.7 Å². The molecule has 6 atom stereocenters. The normalized spacial score (nSPS) is 24.7. The third kappa shape index (κ3) is 6.22. The van der Waals surface area contributed by atoms with Crippen molar-refractivity contribution in [2.24, 2.45) is 0 Å². The zero-order chi connectivity index (χ0) is 29.9. The van der Waals surface area contributed by atoms with Crippen molar-refractivity contribution >= 4 is 48.2 Å². The Morgan fingerprint density at radius 3 is 2.68 bits per heavy atom. The zero-order valence-electron chi connectivity index (χ0n) is 22.1. The van der Waals surface area contributed by atoms with Gasteiger partial charge in [0.1, 0.15) is 24.0 Å². The van der Waals surface area contributed by atoms with Crippen molar-refractivity contribution in [2.75, 3.05) is 31.3 Å². The largest absolute Gasteiger partial charge is 0.465 e. The summed E-state index contributed by atoms with van der Waals surface area (Å²) in [5.41, 5.74) is 5.96. The van der Waals surface area contributed by atoms with Gasteiger partial charge in [0.2, 0.25) is 5.95 Å². The summed E-state index contributed by atoms with van der Waals surface area (Å²) < 4.78 is 65.5. The summed E-state index contributed by atoms with van der Waals surface area (Å²) in [4.78, 5) is 21.7. The summed E-state index contributed by atoms with van der Waals surface area (Å²) in [5, 5.41) is 16.2. The van der Waals surface area contributed by atoms with Gasteiger partial charge in [-0.1, -0.05) is 18.2 Å². The highest BCUT2D eigenvalue weighted by molar-refractivity contribution is 7.52. The van der Waals surface area contributed by atoms with E-state index in [1.165, 1.54) is 19.1 Å². The first-order chi connectivity index (χ1) is 19.4. The van der Waals surface area contributed by atoms with Crippen LogP contribution in [0, 0.1) is 0 Å².